The fourth-order valence-electron chi connectivity index (χ4n) is 2.72. The van der Waals surface area contributed by atoms with Gasteiger partial charge in [-0.2, -0.15) is 13.2 Å². The molecule has 3 aromatic rings. The fraction of sp³-hybridized carbons (Fsp3) is 0.357. The first-order chi connectivity index (χ1) is 11.9. The summed E-state index contributed by atoms with van der Waals surface area (Å²) in [5.41, 5.74) is -0.305. The van der Waals surface area contributed by atoms with Crippen molar-refractivity contribution in [3.8, 4) is 0 Å². The summed E-state index contributed by atoms with van der Waals surface area (Å²) in [6.45, 7) is 1.20. The molecule has 8 nitrogen and oxygen atoms in total. The predicted molar refractivity (Wildman–Crippen MR) is 82.2 cm³/mol. The largest absolute Gasteiger partial charge is 0.433 e. The van der Waals surface area contributed by atoms with Crippen LogP contribution in [-0.4, -0.2) is 55.7 Å². The molecular weight excluding hydrogens is 337 g/mol. The summed E-state index contributed by atoms with van der Waals surface area (Å²) in [6.07, 6.45) is 1.44. The molecule has 0 unspecified atom stereocenters. The molecule has 0 bridgehead atoms. The number of fused-ring (bicyclic) bond motifs is 1. The van der Waals surface area contributed by atoms with E-state index in [0.717, 1.165) is 12.4 Å². The molecule has 0 radical (unpaired) electrons. The van der Waals surface area contributed by atoms with Crippen LogP contribution in [0.15, 0.2) is 31.1 Å². The fourth-order valence-corrected chi connectivity index (χ4v) is 2.72. The third-order valence-electron chi connectivity index (χ3n) is 4.21. The first kappa shape index (κ1) is 15.5. The summed E-state index contributed by atoms with van der Waals surface area (Å²) in [5, 5.41) is 7.89. The number of hydrogen-bond acceptors (Lipinski definition) is 7. The first-order valence-corrected chi connectivity index (χ1v) is 7.45. The molecule has 1 aliphatic rings. The lowest BCUT2D eigenvalue weighted by atomic mass is 10.1. The molecular formula is C14H13F3N8. The van der Waals surface area contributed by atoms with Crippen LogP contribution < -0.4 is 9.80 Å². The van der Waals surface area contributed by atoms with Gasteiger partial charge in [0, 0.05) is 38.6 Å². The molecule has 0 amide bonds. The molecule has 0 aromatic carbocycles. The van der Waals surface area contributed by atoms with Gasteiger partial charge in [0.1, 0.15) is 24.2 Å². The second-order valence-electron chi connectivity index (χ2n) is 5.74. The Hall–Kier alpha value is -2.98. The summed E-state index contributed by atoms with van der Waals surface area (Å²) in [5.74, 6) is 0.934. The first-order valence-electron chi connectivity index (χ1n) is 7.45. The maximum Gasteiger partial charge on any atom is 0.433 e. The van der Waals surface area contributed by atoms with Crippen LogP contribution in [0.5, 0.6) is 0 Å². The van der Waals surface area contributed by atoms with Crippen molar-refractivity contribution in [3.63, 3.8) is 0 Å². The van der Waals surface area contributed by atoms with Gasteiger partial charge < -0.3 is 9.80 Å². The van der Waals surface area contributed by atoms with Crippen LogP contribution in [0.2, 0.25) is 0 Å². The van der Waals surface area contributed by atoms with E-state index >= 15 is 0 Å². The van der Waals surface area contributed by atoms with E-state index in [1.807, 2.05) is 4.90 Å². The highest BCUT2D eigenvalue weighted by molar-refractivity contribution is 5.65. The second kappa shape index (κ2) is 5.53. The van der Waals surface area contributed by atoms with Crippen molar-refractivity contribution in [1.29, 1.82) is 0 Å². The van der Waals surface area contributed by atoms with Gasteiger partial charge >= 0.3 is 6.18 Å². The lowest BCUT2D eigenvalue weighted by Gasteiger charge is -2.44. The van der Waals surface area contributed by atoms with Crippen LogP contribution in [0.1, 0.15) is 5.69 Å². The number of aromatic nitrogens is 6. The Balaban J connectivity index is 1.50. The molecule has 0 spiro atoms. The zero-order valence-corrected chi connectivity index (χ0v) is 13.1. The van der Waals surface area contributed by atoms with E-state index in [-0.39, 0.29) is 11.9 Å². The van der Waals surface area contributed by atoms with Crippen molar-refractivity contribution in [2.75, 3.05) is 29.9 Å². The molecule has 1 saturated heterocycles. The Kier molecular flexibility index (Phi) is 3.44. The van der Waals surface area contributed by atoms with Gasteiger partial charge in [0.25, 0.3) is 0 Å². The number of anilines is 2. The van der Waals surface area contributed by atoms with E-state index in [1.54, 1.807) is 35.1 Å². The summed E-state index contributed by atoms with van der Waals surface area (Å²) in [6, 6.07) is 0.973. The summed E-state index contributed by atoms with van der Waals surface area (Å²) < 4.78 is 40.1. The van der Waals surface area contributed by atoms with E-state index in [0.29, 0.717) is 24.6 Å². The Morgan fingerprint density at radius 1 is 1.20 bits per heavy atom. The monoisotopic (exact) mass is 350 g/mol. The van der Waals surface area contributed by atoms with Crippen LogP contribution >= 0.6 is 0 Å². The summed E-state index contributed by atoms with van der Waals surface area (Å²) in [4.78, 5) is 15.3. The SMILES string of the molecule is CN(c1cc(C(F)(F)F)ncn1)C1CN(c2nccn3cnnc23)C1. The van der Waals surface area contributed by atoms with Crippen LogP contribution in [-0.2, 0) is 6.18 Å². The van der Waals surface area contributed by atoms with Crippen molar-refractivity contribution in [2.45, 2.75) is 12.2 Å². The van der Waals surface area contributed by atoms with Gasteiger partial charge in [-0.3, -0.25) is 4.40 Å². The average Bonchev–Trinajstić information content (AvgIpc) is 3.02. The molecule has 11 heteroatoms. The maximum absolute atomic E-state index is 12.8. The Morgan fingerprint density at radius 2 is 2.00 bits per heavy atom. The van der Waals surface area contributed by atoms with E-state index < -0.39 is 11.9 Å². The standard InChI is InChI=1S/C14H13F3N8/c1-23(11-4-10(14(15,16)17)19-7-20-11)9-5-25(6-9)12-13-22-21-8-24(13)3-2-18-12/h2-4,7-9H,5-6H2,1H3. The lowest BCUT2D eigenvalue weighted by Crippen LogP contribution is -2.59. The quantitative estimate of drug-likeness (QED) is 0.704. The van der Waals surface area contributed by atoms with E-state index in [2.05, 4.69) is 25.1 Å². The lowest BCUT2D eigenvalue weighted by molar-refractivity contribution is -0.141. The van der Waals surface area contributed by atoms with Gasteiger partial charge in [-0.05, 0) is 0 Å². The van der Waals surface area contributed by atoms with Gasteiger partial charge in [-0.25, -0.2) is 15.0 Å². The molecule has 3 aromatic heterocycles. The summed E-state index contributed by atoms with van der Waals surface area (Å²) >= 11 is 0. The average molecular weight is 350 g/mol. The number of alkyl halides is 3. The maximum atomic E-state index is 12.8. The molecule has 0 N–H and O–H groups in total. The zero-order chi connectivity index (χ0) is 17.6. The van der Waals surface area contributed by atoms with Crippen LogP contribution in [0.3, 0.4) is 0 Å². The van der Waals surface area contributed by atoms with Crippen LogP contribution in [0.25, 0.3) is 5.65 Å². The second-order valence-corrected chi connectivity index (χ2v) is 5.74. The smallest absolute Gasteiger partial charge is 0.353 e. The molecule has 25 heavy (non-hydrogen) atoms. The van der Waals surface area contributed by atoms with Crippen molar-refractivity contribution < 1.29 is 13.2 Å². The van der Waals surface area contributed by atoms with Crippen molar-refractivity contribution in [1.82, 2.24) is 29.5 Å². The third kappa shape index (κ3) is 2.71. The highest BCUT2D eigenvalue weighted by Crippen LogP contribution is 2.30. The predicted octanol–water partition coefficient (Wildman–Crippen LogP) is 1.26. The number of hydrogen-bond donors (Lipinski definition) is 0. The normalized spacial score (nSPS) is 15.4. The summed E-state index contributed by atoms with van der Waals surface area (Å²) in [7, 11) is 1.72. The minimum atomic E-state index is -4.49. The molecule has 0 saturated carbocycles. The number of halogens is 3. The highest BCUT2D eigenvalue weighted by atomic mass is 19.4. The zero-order valence-electron chi connectivity index (χ0n) is 13.1. The Bertz CT molecular complexity index is 902. The minimum Gasteiger partial charge on any atom is -0.353 e. The molecule has 1 aliphatic heterocycles. The van der Waals surface area contributed by atoms with E-state index in [1.165, 1.54) is 0 Å². The van der Waals surface area contributed by atoms with Crippen LogP contribution in [0, 0.1) is 0 Å². The minimum absolute atomic E-state index is 0.0148. The molecule has 4 heterocycles. The molecule has 130 valence electrons. The Labute approximate surface area is 140 Å². The Morgan fingerprint density at radius 3 is 2.76 bits per heavy atom. The molecule has 1 fully saturated rings. The molecule has 0 atom stereocenters. The van der Waals surface area contributed by atoms with Crippen molar-refractivity contribution in [2.24, 2.45) is 0 Å². The molecule has 4 rings (SSSR count). The van der Waals surface area contributed by atoms with Gasteiger partial charge in [0.05, 0.1) is 6.04 Å². The van der Waals surface area contributed by atoms with E-state index in [4.69, 9.17) is 0 Å². The van der Waals surface area contributed by atoms with E-state index in [9.17, 15) is 13.2 Å². The van der Waals surface area contributed by atoms with Crippen LogP contribution in [0.4, 0.5) is 24.8 Å². The highest BCUT2D eigenvalue weighted by Gasteiger charge is 2.36. The van der Waals surface area contributed by atoms with Gasteiger partial charge in [-0.1, -0.05) is 0 Å². The third-order valence-corrected chi connectivity index (χ3v) is 4.21. The number of rotatable bonds is 3. The van der Waals surface area contributed by atoms with Gasteiger partial charge in [0.15, 0.2) is 5.82 Å². The van der Waals surface area contributed by atoms with Crippen molar-refractivity contribution in [3.05, 3.63) is 36.8 Å². The van der Waals surface area contributed by atoms with Gasteiger partial charge in [-0.15, -0.1) is 10.2 Å². The topological polar surface area (TPSA) is 75.3 Å². The number of likely N-dealkylation sites (N-methyl/N-ethyl adjacent to an activating group) is 1. The number of nitrogens with zero attached hydrogens (tertiary/aromatic N) is 8. The van der Waals surface area contributed by atoms with Crippen molar-refractivity contribution >= 4 is 17.3 Å². The molecule has 0 aliphatic carbocycles. The van der Waals surface area contributed by atoms with Gasteiger partial charge in [0.2, 0.25) is 5.65 Å².